The second-order valence-electron chi connectivity index (χ2n) is 6.74. The summed E-state index contributed by atoms with van der Waals surface area (Å²) in [5, 5.41) is 12.4. The van der Waals surface area contributed by atoms with Crippen molar-refractivity contribution in [2.24, 2.45) is 0 Å². The van der Waals surface area contributed by atoms with Gasteiger partial charge in [0.2, 0.25) is 5.91 Å². The highest BCUT2D eigenvalue weighted by Crippen LogP contribution is 2.19. The summed E-state index contributed by atoms with van der Waals surface area (Å²) >= 11 is 0. The summed E-state index contributed by atoms with van der Waals surface area (Å²) in [6.45, 7) is 3.14. The van der Waals surface area contributed by atoms with Crippen LogP contribution in [0.25, 0.3) is 10.9 Å². The van der Waals surface area contributed by atoms with E-state index in [1.165, 1.54) is 6.92 Å². The van der Waals surface area contributed by atoms with Gasteiger partial charge in [-0.2, -0.15) is 0 Å². The fourth-order valence-corrected chi connectivity index (χ4v) is 3.24. The summed E-state index contributed by atoms with van der Waals surface area (Å²) in [4.78, 5) is 41.9. The zero-order chi connectivity index (χ0) is 19.4. The van der Waals surface area contributed by atoms with E-state index in [1.54, 1.807) is 9.80 Å². The number of amides is 3. The van der Waals surface area contributed by atoms with E-state index in [4.69, 9.17) is 5.11 Å². The first-order valence-electron chi connectivity index (χ1n) is 9.06. The highest BCUT2D eigenvalue weighted by Gasteiger charge is 2.25. The van der Waals surface area contributed by atoms with Gasteiger partial charge in [0.25, 0.3) is 0 Å². The number of piperazine rings is 1. The van der Waals surface area contributed by atoms with Crippen molar-refractivity contribution in [2.45, 2.75) is 25.8 Å². The molecule has 8 nitrogen and oxygen atoms in total. The molecule has 0 aliphatic carbocycles. The molecule has 0 saturated carbocycles. The summed E-state index contributed by atoms with van der Waals surface area (Å²) in [7, 11) is 0. The fraction of sp³-hybridized carbons (Fsp3) is 0.421. The van der Waals surface area contributed by atoms with Gasteiger partial charge in [-0.05, 0) is 25.0 Å². The minimum atomic E-state index is -1.07. The van der Waals surface area contributed by atoms with Crippen molar-refractivity contribution in [3.8, 4) is 0 Å². The van der Waals surface area contributed by atoms with E-state index in [0.29, 0.717) is 39.0 Å². The van der Waals surface area contributed by atoms with Crippen LogP contribution in [-0.2, 0) is 16.0 Å². The van der Waals surface area contributed by atoms with Crippen LogP contribution in [0.5, 0.6) is 0 Å². The minimum absolute atomic E-state index is 0.0687. The largest absolute Gasteiger partial charge is 0.480 e. The molecule has 27 heavy (non-hydrogen) atoms. The quantitative estimate of drug-likeness (QED) is 0.738. The van der Waals surface area contributed by atoms with Crippen molar-refractivity contribution in [2.75, 3.05) is 26.2 Å². The van der Waals surface area contributed by atoms with Crippen LogP contribution >= 0.6 is 0 Å². The molecule has 1 fully saturated rings. The molecule has 1 aromatic heterocycles. The Morgan fingerprint density at radius 3 is 2.52 bits per heavy atom. The number of aromatic amines is 1. The van der Waals surface area contributed by atoms with E-state index in [1.807, 2.05) is 30.5 Å². The summed E-state index contributed by atoms with van der Waals surface area (Å²) in [5.41, 5.74) is 2.19. The number of hydrogen-bond acceptors (Lipinski definition) is 3. The van der Waals surface area contributed by atoms with Crippen LogP contribution in [-0.4, -0.2) is 70.0 Å². The van der Waals surface area contributed by atoms with Gasteiger partial charge in [-0.15, -0.1) is 0 Å². The monoisotopic (exact) mass is 372 g/mol. The van der Waals surface area contributed by atoms with Gasteiger partial charge < -0.3 is 25.2 Å². The topological polar surface area (TPSA) is 106 Å². The number of benzene rings is 1. The summed E-state index contributed by atoms with van der Waals surface area (Å²) in [5.74, 6) is -1.01. The number of H-pyrrole nitrogens is 1. The predicted molar refractivity (Wildman–Crippen MR) is 100 cm³/mol. The number of carboxylic acid groups (broad SMARTS) is 1. The number of para-hydroxylation sites is 1. The Kier molecular flexibility index (Phi) is 5.63. The van der Waals surface area contributed by atoms with Gasteiger partial charge in [0.1, 0.15) is 6.04 Å². The van der Waals surface area contributed by atoms with Gasteiger partial charge in [0.05, 0.1) is 0 Å². The molecular weight excluding hydrogens is 348 g/mol. The molecule has 1 unspecified atom stereocenters. The molecule has 3 N–H and O–H groups in total. The second kappa shape index (κ2) is 8.11. The van der Waals surface area contributed by atoms with Crippen molar-refractivity contribution in [1.82, 2.24) is 20.1 Å². The molecule has 0 radical (unpaired) electrons. The van der Waals surface area contributed by atoms with Gasteiger partial charge in [0.15, 0.2) is 0 Å². The molecule has 3 amide bonds. The second-order valence-corrected chi connectivity index (χ2v) is 6.74. The van der Waals surface area contributed by atoms with E-state index in [0.717, 1.165) is 16.5 Å². The molecule has 1 aliphatic rings. The van der Waals surface area contributed by atoms with E-state index < -0.39 is 18.0 Å². The van der Waals surface area contributed by atoms with Gasteiger partial charge in [-0.25, -0.2) is 4.79 Å². The number of rotatable bonds is 5. The van der Waals surface area contributed by atoms with Gasteiger partial charge in [0, 0.05) is 49.7 Å². The lowest BCUT2D eigenvalue weighted by Crippen LogP contribution is -2.55. The van der Waals surface area contributed by atoms with E-state index in [-0.39, 0.29) is 5.91 Å². The summed E-state index contributed by atoms with van der Waals surface area (Å²) in [6, 6.07) is 6.67. The summed E-state index contributed by atoms with van der Waals surface area (Å²) < 4.78 is 0. The number of urea groups is 1. The Balaban J connectivity index is 1.47. The first-order chi connectivity index (χ1) is 13.0. The number of nitrogens with zero attached hydrogens (tertiary/aromatic N) is 2. The number of carboxylic acids is 1. The van der Waals surface area contributed by atoms with E-state index in [2.05, 4.69) is 10.3 Å². The molecule has 0 spiro atoms. The molecule has 3 rings (SSSR count). The average Bonchev–Trinajstić information content (AvgIpc) is 3.09. The molecule has 1 saturated heterocycles. The molecule has 144 valence electrons. The van der Waals surface area contributed by atoms with Crippen LogP contribution in [0.4, 0.5) is 4.79 Å². The molecular formula is C19H24N4O4. The highest BCUT2D eigenvalue weighted by atomic mass is 16.4. The van der Waals surface area contributed by atoms with E-state index in [9.17, 15) is 14.4 Å². The third kappa shape index (κ3) is 4.39. The first kappa shape index (κ1) is 18.8. The maximum Gasteiger partial charge on any atom is 0.325 e. The normalized spacial score (nSPS) is 15.6. The third-order valence-corrected chi connectivity index (χ3v) is 4.91. The van der Waals surface area contributed by atoms with Crippen LogP contribution in [0.2, 0.25) is 0 Å². The van der Waals surface area contributed by atoms with Gasteiger partial charge in [-0.3, -0.25) is 9.59 Å². The number of hydrogen-bond donors (Lipinski definition) is 3. The molecule has 0 bridgehead atoms. The number of aromatic nitrogens is 1. The first-order valence-corrected chi connectivity index (χ1v) is 9.06. The molecule has 1 aromatic carbocycles. The van der Waals surface area contributed by atoms with Crippen LogP contribution in [0.15, 0.2) is 30.5 Å². The lowest BCUT2D eigenvalue weighted by atomic mass is 10.1. The number of carbonyl (C=O) groups is 3. The van der Waals surface area contributed by atoms with Crippen molar-refractivity contribution in [3.05, 3.63) is 36.0 Å². The van der Waals surface area contributed by atoms with Crippen LogP contribution in [0.1, 0.15) is 18.9 Å². The Bertz CT molecular complexity index is 839. The van der Waals surface area contributed by atoms with Crippen LogP contribution < -0.4 is 5.32 Å². The van der Waals surface area contributed by atoms with E-state index >= 15 is 0 Å². The van der Waals surface area contributed by atoms with Crippen LogP contribution in [0.3, 0.4) is 0 Å². The van der Waals surface area contributed by atoms with Crippen LogP contribution in [0, 0.1) is 0 Å². The molecule has 2 heterocycles. The maximum absolute atomic E-state index is 12.5. The Morgan fingerprint density at radius 1 is 1.15 bits per heavy atom. The third-order valence-electron chi connectivity index (χ3n) is 4.91. The van der Waals surface area contributed by atoms with Crippen molar-refractivity contribution >= 4 is 28.8 Å². The number of aryl methyl sites for hydroxylation is 1. The van der Waals surface area contributed by atoms with Crippen molar-refractivity contribution < 1.29 is 19.5 Å². The molecule has 1 aliphatic heterocycles. The Morgan fingerprint density at radius 2 is 1.81 bits per heavy atom. The Labute approximate surface area is 157 Å². The summed E-state index contributed by atoms with van der Waals surface area (Å²) in [6.07, 6.45) is 3.04. The highest BCUT2D eigenvalue weighted by molar-refractivity contribution is 5.84. The molecule has 8 heteroatoms. The smallest absolute Gasteiger partial charge is 0.325 e. The predicted octanol–water partition coefficient (Wildman–Crippen LogP) is 1.43. The maximum atomic E-state index is 12.5. The fourth-order valence-electron chi connectivity index (χ4n) is 3.24. The van der Waals surface area contributed by atoms with Crippen molar-refractivity contribution in [1.29, 1.82) is 0 Å². The number of nitrogens with one attached hydrogen (secondary N) is 2. The van der Waals surface area contributed by atoms with Gasteiger partial charge >= 0.3 is 12.0 Å². The minimum Gasteiger partial charge on any atom is -0.480 e. The lowest BCUT2D eigenvalue weighted by Gasteiger charge is -2.35. The lowest BCUT2D eigenvalue weighted by molar-refractivity contribution is -0.138. The number of carbonyl (C=O) groups excluding carboxylic acids is 2. The Hall–Kier alpha value is -3.03. The average molecular weight is 372 g/mol. The zero-order valence-electron chi connectivity index (χ0n) is 15.3. The SMILES string of the molecule is CC(NC(=O)N1CCN(C(=O)CCc2c[nH]c3ccccc23)CC1)C(=O)O. The zero-order valence-corrected chi connectivity index (χ0v) is 15.3. The van der Waals surface area contributed by atoms with Gasteiger partial charge in [-0.1, -0.05) is 18.2 Å². The molecule has 1 atom stereocenters. The molecule has 2 aromatic rings. The number of aliphatic carboxylic acids is 1. The number of fused-ring (bicyclic) bond motifs is 1. The standard InChI is InChI=1S/C19H24N4O4/c1-13(18(25)26)21-19(27)23-10-8-22(9-11-23)17(24)7-6-14-12-20-16-5-3-2-4-15(14)16/h2-5,12-13,20H,6-11H2,1H3,(H,21,27)(H,25,26). The van der Waals surface area contributed by atoms with Crippen molar-refractivity contribution in [3.63, 3.8) is 0 Å².